The average molecular weight is 507 g/mol. The smallest absolute Gasteiger partial charge is 0.335 e. The first kappa shape index (κ1) is 27.4. The molecule has 0 saturated carbocycles. The standard InChI is InChI=1S/C28H34N4O5/c1-5-36-24-13-6-7-14-25(24)37-23-12-9-15-32(18-23)28(29-4)30-17-19(2)26(33)31-20(3)21-10-8-11-22(16-21)27(34)35/h6-8,10-11,13-14,16-17,20,23H,4-5,9,12,15,18H2,1-3H3,(H,31,33)(H,34,35)/b19-17+,30-28+/t20-,23-/m1/s1. The van der Waals surface area contributed by atoms with Gasteiger partial charge in [0.2, 0.25) is 11.9 Å². The van der Waals surface area contributed by atoms with E-state index in [0.29, 0.717) is 41.7 Å². The Labute approximate surface area is 217 Å². The molecule has 1 heterocycles. The third-order valence-electron chi connectivity index (χ3n) is 5.96. The molecule has 9 heteroatoms. The van der Waals surface area contributed by atoms with Gasteiger partial charge in [0, 0.05) is 18.3 Å². The lowest BCUT2D eigenvalue weighted by Gasteiger charge is -2.33. The van der Waals surface area contributed by atoms with Crippen molar-refractivity contribution in [2.45, 2.75) is 45.8 Å². The Balaban J connectivity index is 1.64. The van der Waals surface area contributed by atoms with E-state index in [1.165, 1.54) is 12.3 Å². The van der Waals surface area contributed by atoms with Crippen LogP contribution in [0.5, 0.6) is 11.5 Å². The molecule has 37 heavy (non-hydrogen) atoms. The number of likely N-dealkylation sites (tertiary alicyclic amines) is 1. The van der Waals surface area contributed by atoms with Crippen molar-refractivity contribution in [2.75, 3.05) is 19.7 Å². The zero-order chi connectivity index (χ0) is 26.8. The second kappa shape index (κ2) is 13.2. The van der Waals surface area contributed by atoms with Crippen LogP contribution in [-0.4, -0.2) is 60.4 Å². The minimum absolute atomic E-state index is 0.0712. The van der Waals surface area contributed by atoms with Crippen molar-refractivity contribution in [2.24, 2.45) is 9.98 Å². The summed E-state index contributed by atoms with van der Waals surface area (Å²) in [5.41, 5.74) is 1.25. The summed E-state index contributed by atoms with van der Waals surface area (Å²) >= 11 is 0. The van der Waals surface area contributed by atoms with Gasteiger partial charge in [0.1, 0.15) is 6.10 Å². The fraction of sp³-hybridized carbons (Fsp3) is 0.357. The van der Waals surface area contributed by atoms with Gasteiger partial charge in [-0.25, -0.2) is 14.8 Å². The predicted octanol–water partition coefficient (Wildman–Crippen LogP) is 4.46. The number of carbonyl (C=O) groups excluding carboxylic acids is 1. The molecule has 3 rings (SSSR count). The predicted molar refractivity (Wildman–Crippen MR) is 144 cm³/mol. The summed E-state index contributed by atoms with van der Waals surface area (Å²) in [6.07, 6.45) is 3.18. The maximum atomic E-state index is 12.7. The van der Waals surface area contributed by atoms with Gasteiger partial charge in [-0.2, -0.15) is 0 Å². The minimum Gasteiger partial charge on any atom is -0.490 e. The average Bonchev–Trinajstić information content (AvgIpc) is 2.90. The molecule has 1 aliphatic rings. The topological polar surface area (TPSA) is 113 Å². The molecule has 0 bridgehead atoms. The first-order chi connectivity index (χ1) is 17.8. The van der Waals surface area contributed by atoms with E-state index in [1.54, 1.807) is 32.0 Å². The Morgan fingerprint density at radius 2 is 2.00 bits per heavy atom. The van der Waals surface area contributed by atoms with E-state index < -0.39 is 5.97 Å². The molecule has 9 nitrogen and oxygen atoms in total. The van der Waals surface area contributed by atoms with Crippen LogP contribution in [0, 0.1) is 0 Å². The fourth-order valence-corrected chi connectivity index (χ4v) is 3.99. The number of para-hydroxylation sites is 2. The molecule has 196 valence electrons. The van der Waals surface area contributed by atoms with Crippen LogP contribution in [0.15, 0.2) is 70.3 Å². The van der Waals surface area contributed by atoms with Crippen molar-refractivity contribution in [1.82, 2.24) is 10.2 Å². The van der Waals surface area contributed by atoms with Crippen LogP contribution >= 0.6 is 0 Å². The third kappa shape index (κ3) is 7.67. The first-order valence-corrected chi connectivity index (χ1v) is 12.3. The van der Waals surface area contributed by atoms with Crippen molar-refractivity contribution in [3.8, 4) is 11.5 Å². The van der Waals surface area contributed by atoms with E-state index in [0.717, 1.165) is 19.4 Å². The zero-order valence-corrected chi connectivity index (χ0v) is 21.5. The van der Waals surface area contributed by atoms with Crippen molar-refractivity contribution in [1.29, 1.82) is 0 Å². The van der Waals surface area contributed by atoms with Crippen LogP contribution in [0.1, 0.15) is 55.6 Å². The number of nitrogens with one attached hydrogen (secondary N) is 1. The monoisotopic (exact) mass is 506 g/mol. The lowest BCUT2D eigenvalue weighted by atomic mass is 10.0. The quantitative estimate of drug-likeness (QED) is 0.295. The normalized spacial score (nSPS) is 17.1. The van der Waals surface area contributed by atoms with Gasteiger partial charge in [-0.05, 0) is 70.2 Å². The number of aromatic carboxylic acids is 1. The number of carboxylic acid groups (broad SMARTS) is 1. The second-order valence-electron chi connectivity index (χ2n) is 8.73. The van der Waals surface area contributed by atoms with Gasteiger partial charge >= 0.3 is 5.97 Å². The number of benzene rings is 2. The minimum atomic E-state index is -1.01. The number of hydrogen-bond donors (Lipinski definition) is 2. The highest BCUT2D eigenvalue weighted by Crippen LogP contribution is 2.29. The zero-order valence-electron chi connectivity index (χ0n) is 21.5. The molecule has 0 radical (unpaired) electrons. The summed E-state index contributed by atoms with van der Waals surface area (Å²) in [4.78, 5) is 34.4. The van der Waals surface area contributed by atoms with Crippen molar-refractivity contribution < 1.29 is 24.2 Å². The van der Waals surface area contributed by atoms with Crippen LogP contribution in [0.3, 0.4) is 0 Å². The number of aliphatic imine (C=N–C) groups is 2. The number of amides is 1. The van der Waals surface area contributed by atoms with Gasteiger partial charge in [-0.1, -0.05) is 24.3 Å². The molecule has 0 aliphatic carbocycles. The van der Waals surface area contributed by atoms with Crippen LogP contribution in [0.4, 0.5) is 0 Å². The summed E-state index contributed by atoms with van der Waals surface area (Å²) in [6, 6.07) is 13.7. The molecule has 2 N–H and O–H groups in total. The van der Waals surface area contributed by atoms with E-state index in [2.05, 4.69) is 22.0 Å². The van der Waals surface area contributed by atoms with Gasteiger partial charge < -0.3 is 24.8 Å². The maximum absolute atomic E-state index is 12.7. The summed E-state index contributed by atoms with van der Waals surface area (Å²) in [7, 11) is 0. The number of guanidine groups is 1. The third-order valence-corrected chi connectivity index (χ3v) is 5.96. The molecule has 2 atom stereocenters. The summed E-state index contributed by atoms with van der Waals surface area (Å²) in [5, 5.41) is 12.1. The Morgan fingerprint density at radius 1 is 1.24 bits per heavy atom. The van der Waals surface area contributed by atoms with Gasteiger partial charge in [0.25, 0.3) is 0 Å². The van der Waals surface area contributed by atoms with E-state index in [1.807, 2.05) is 36.1 Å². The largest absolute Gasteiger partial charge is 0.490 e. The Morgan fingerprint density at radius 3 is 2.70 bits per heavy atom. The molecule has 1 aliphatic heterocycles. The van der Waals surface area contributed by atoms with Crippen molar-refractivity contribution >= 4 is 24.6 Å². The maximum Gasteiger partial charge on any atom is 0.335 e. The number of piperidine rings is 1. The van der Waals surface area contributed by atoms with E-state index in [9.17, 15) is 14.7 Å². The number of hydrogen-bond acceptors (Lipinski definition) is 5. The lowest BCUT2D eigenvalue weighted by molar-refractivity contribution is -0.118. The highest BCUT2D eigenvalue weighted by atomic mass is 16.5. The van der Waals surface area contributed by atoms with E-state index in [4.69, 9.17) is 9.47 Å². The molecule has 1 fully saturated rings. The molecule has 1 amide bonds. The molecular weight excluding hydrogens is 472 g/mol. The molecule has 0 spiro atoms. The van der Waals surface area contributed by atoms with Crippen molar-refractivity contribution in [3.05, 3.63) is 71.4 Å². The number of carboxylic acids is 1. The fourth-order valence-electron chi connectivity index (χ4n) is 3.99. The Hall–Kier alpha value is -4.14. The number of rotatable bonds is 9. The van der Waals surface area contributed by atoms with E-state index in [-0.39, 0.29) is 23.6 Å². The van der Waals surface area contributed by atoms with Crippen LogP contribution < -0.4 is 14.8 Å². The van der Waals surface area contributed by atoms with Gasteiger partial charge in [-0.3, -0.25) is 4.79 Å². The lowest BCUT2D eigenvalue weighted by Crippen LogP contribution is -2.43. The van der Waals surface area contributed by atoms with Gasteiger partial charge in [0.15, 0.2) is 11.5 Å². The summed E-state index contributed by atoms with van der Waals surface area (Å²) < 4.78 is 11.9. The molecule has 2 aromatic carbocycles. The Kier molecular flexibility index (Phi) is 9.83. The number of nitrogens with zero attached hydrogens (tertiary/aromatic N) is 3. The summed E-state index contributed by atoms with van der Waals surface area (Å²) in [6.45, 7) is 10.9. The van der Waals surface area contributed by atoms with Crippen molar-refractivity contribution in [3.63, 3.8) is 0 Å². The van der Waals surface area contributed by atoms with Crippen LogP contribution in [-0.2, 0) is 4.79 Å². The van der Waals surface area contributed by atoms with Gasteiger partial charge in [-0.15, -0.1) is 0 Å². The molecule has 1 saturated heterocycles. The SMILES string of the molecule is C=N/C(=N\C=C(/C)C(=O)N[C@H](C)c1cccc(C(=O)O)c1)N1CCC[C@@H](Oc2ccccc2OCC)C1. The highest BCUT2D eigenvalue weighted by molar-refractivity contribution is 5.94. The number of carbonyl (C=O) groups is 2. The molecule has 0 aromatic heterocycles. The Bertz CT molecular complexity index is 1180. The van der Waals surface area contributed by atoms with Crippen LogP contribution in [0.2, 0.25) is 0 Å². The molecular formula is C28H34N4O5. The molecule has 2 aromatic rings. The molecule has 0 unspecified atom stereocenters. The van der Waals surface area contributed by atoms with Crippen LogP contribution in [0.25, 0.3) is 0 Å². The highest BCUT2D eigenvalue weighted by Gasteiger charge is 2.24. The first-order valence-electron chi connectivity index (χ1n) is 12.3. The number of ether oxygens (including phenoxy) is 2. The second-order valence-corrected chi connectivity index (χ2v) is 8.73. The summed E-state index contributed by atoms with van der Waals surface area (Å²) in [5.74, 6) is 0.510. The van der Waals surface area contributed by atoms with Gasteiger partial charge in [0.05, 0.1) is 24.8 Å². The van der Waals surface area contributed by atoms with E-state index >= 15 is 0 Å².